The monoisotopic (exact) mass is 281 g/mol. The quantitative estimate of drug-likeness (QED) is 0.694. The standard InChI is InChI=1S/C17H19N3O/c1-12-9-10-15(21-12)17-19-14-8-5-11-18-16(14)20(17)13-6-3-2-4-7-13/h5,8-11,13H,2-4,6-7H2,1H3. The van der Waals surface area contributed by atoms with Crippen molar-refractivity contribution < 1.29 is 4.42 Å². The van der Waals surface area contributed by atoms with Gasteiger partial charge in [0.15, 0.2) is 17.2 Å². The van der Waals surface area contributed by atoms with Gasteiger partial charge in [0.05, 0.1) is 0 Å². The van der Waals surface area contributed by atoms with E-state index in [0.29, 0.717) is 6.04 Å². The number of aryl methyl sites for hydroxylation is 1. The molecule has 4 nitrogen and oxygen atoms in total. The van der Waals surface area contributed by atoms with E-state index in [1.165, 1.54) is 32.1 Å². The van der Waals surface area contributed by atoms with Gasteiger partial charge in [-0.25, -0.2) is 9.97 Å². The molecule has 0 aromatic carbocycles. The molecule has 0 radical (unpaired) electrons. The Morgan fingerprint density at radius 2 is 2.00 bits per heavy atom. The predicted octanol–water partition coefficient (Wildman–Crippen LogP) is 4.50. The van der Waals surface area contributed by atoms with E-state index in [4.69, 9.17) is 9.40 Å². The van der Waals surface area contributed by atoms with E-state index in [9.17, 15) is 0 Å². The van der Waals surface area contributed by atoms with Crippen molar-refractivity contribution in [1.29, 1.82) is 0 Å². The zero-order chi connectivity index (χ0) is 14.2. The molecule has 3 aromatic rings. The van der Waals surface area contributed by atoms with Gasteiger partial charge in [-0.2, -0.15) is 0 Å². The molecular weight excluding hydrogens is 262 g/mol. The van der Waals surface area contributed by atoms with Gasteiger partial charge in [0, 0.05) is 12.2 Å². The highest BCUT2D eigenvalue weighted by atomic mass is 16.3. The summed E-state index contributed by atoms with van der Waals surface area (Å²) in [5, 5.41) is 0. The van der Waals surface area contributed by atoms with Gasteiger partial charge in [-0.1, -0.05) is 19.3 Å². The van der Waals surface area contributed by atoms with Crippen LogP contribution < -0.4 is 0 Å². The summed E-state index contributed by atoms with van der Waals surface area (Å²) in [5.41, 5.74) is 1.93. The summed E-state index contributed by atoms with van der Waals surface area (Å²) in [7, 11) is 0. The Hall–Kier alpha value is -2.10. The first-order chi connectivity index (χ1) is 10.3. The summed E-state index contributed by atoms with van der Waals surface area (Å²) in [4.78, 5) is 9.35. The van der Waals surface area contributed by atoms with E-state index in [0.717, 1.165) is 28.5 Å². The highest BCUT2D eigenvalue weighted by Crippen LogP contribution is 2.35. The van der Waals surface area contributed by atoms with Crippen LogP contribution in [0.3, 0.4) is 0 Å². The van der Waals surface area contributed by atoms with Crippen LogP contribution in [0, 0.1) is 6.92 Å². The summed E-state index contributed by atoms with van der Waals surface area (Å²) in [6.45, 7) is 1.97. The van der Waals surface area contributed by atoms with Crippen LogP contribution in [0.15, 0.2) is 34.9 Å². The highest BCUT2D eigenvalue weighted by Gasteiger charge is 2.24. The maximum absolute atomic E-state index is 5.82. The SMILES string of the molecule is Cc1ccc(-c2nc3cccnc3n2C2CCCCC2)o1. The van der Waals surface area contributed by atoms with Crippen LogP contribution in [0.4, 0.5) is 0 Å². The van der Waals surface area contributed by atoms with Gasteiger partial charge in [0.2, 0.25) is 0 Å². The van der Waals surface area contributed by atoms with Crippen molar-refractivity contribution in [2.75, 3.05) is 0 Å². The van der Waals surface area contributed by atoms with E-state index >= 15 is 0 Å². The Balaban J connectivity index is 1.92. The first kappa shape index (κ1) is 12.6. The highest BCUT2D eigenvalue weighted by molar-refractivity contribution is 5.76. The van der Waals surface area contributed by atoms with Crippen LogP contribution in [-0.4, -0.2) is 14.5 Å². The first-order valence-corrected chi connectivity index (χ1v) is 7.73. The van der Waals surface area contributed by atoms with Crippen LogP contribution in [0.25, 0.3) is 22.7 Å². The zero-order valence-electron chi connectivity index (χ0n) is 12.2. The Labute approximate surface area is 123 Å². The molecule has 1 saturated carbocycles. The molecule has 1 aliphatic rings. The molecule has 21 heavy (non-hydrogen) atoms. The Morgan fingerprint density at radius 1 is 1.14 bits per heavy atom. The van der Waals surface area contributed by atoms with Crippen molar-refractivity contribution >= 4 is 11.2 Å². The van der Waals surface area contributed by atoms with Crippen molar-refractivity contribution in [3.8, 4) is 11.6 Å². The Kier molecular flexibility index (Phi) is 3.02. The summed E-state index contributed by atoms with van der Waals surface area (Å²) in [6.07, 6.45) is 8.16. The van der Waals surface area contributed by atoms with Crippen molar-refractivity contribution in [3.63, 3.8) is 0 Å². The zero-order valence-corrected chi connectivity index (χ0v) is 12.2. The van der Waals surface area contributed by atoms with Crippen molar-refractivity contribution in [2.24, 2.45) is 0 Å². The van der Waals surface area contributed by atoms with Gasteiger partial charge >= 0.3 is 0 Å². The third-order valence-electron chi connectivity index (χ3n) is 4.35. The van der Waals surface area contributed by atoms with Crippen LogP contribution in [-0.2, 0) is 0 Å². The van der Waals surface area contributed by atoms with Crippen molar-refractivity contribution in [2.45, 2.75) is 45.1 Å². The minimum absolute atomic E-state index is 0.485. The van der Waals surface area contributed by atoms with E-state index in [-0.39, 0.29) is 0 Å². The third-order valence-corrected chi connectivity index (χ3v) is 4.35. The number of aromatic nitrogens is 3. The molecule has 0 unspecified atom stereocenters. The topological polar surface area (TPSA) is 43.9 Å². The summed E-state index contributed by atoms with van der Waals surface area (Å²) < 4.78 is 8.12. The minimum atomic E-state index is 0.485. The molecule has 108 valence electrons. The fourth-order valence-corrected chi connectivity index (χ4v) is 3.34. The predicted molar refractivity (Wildman–Crippen MR) is 82.1 cm³/mol. The summed E-state index contributed by atoms with van der Waals surface area (Å²) >= 11 is 0. The lowest BCUT2D eigenvalue weighted by Gasteiger charge is -2.24. The molecule has 0 saturated heterocycles. The molecular formula is C17H19N3O. The van der Waals surface area contributed by atoms with Crippen molar-refractivity contribution in [3.05, 3.63) is 36.2 Å². The molecule has 1 aliphatic carbocycles. The fraction of sp³-hybridized carbons (Fsp3) is 0.412. The average molecular weight is 281 g/mol. The lowest BCUT2D eigenvalue weighted by molar-refractivity contribution is 0.358. The fourth-order valence-electron chi connectivity index (χ4n) is 3.34. The molecule has 0 bridgehead atoms. The molecule has 0 N–H and O–H groups in total. The lowest BCUT2D eigenvalue weighted by atomic mass is 9.95. The number of pyridine rings is 1. The molecule has 4 heteroatoms. The van der Waals surface area contributed by atoms with E-state index < -0.39 is 0 Å². The number of hydrogen-bond acceptors (Lipinski definition) is 3. The third kappa shape index (κ3) is 2.15. The second-order valence-corrected chi connectivity index (χ2v) is 5.85. The number of hydrogen-bond donors (Lipinski definition) is 0. The molecule has 0 atom stereocenters. The van der Waals surface area contributed by atoms with Gasteiger partial charge in [-0.05, 0) is 44.0 Å². The number of nitrogens with zero attached hydrogens (tertiary/aromatic N) is 3. The van der Waals surface area contributed by atoms with Gasteiger partial charge in [-0.3, -0.25) is 0 Å². The number of rotatable bonds is 2. The van der Waals surface area contributed by atoms with Crippen molar-refractivity contribution in [1.82, 2.24) is 14.5 Å². The Bertz CT molecular complexity index is 765. The lowest BCUT2D eigenvalue weighted by Crippen LogP contribution is -2.14. The maximum atomic E-state index is 5.82. The number of imidazole rings is 1. The second-order valence-electron chi connectivity index (χ2n) is 5.85. The normalized spacial score (nSPS) is 16.6. The van der Waals surface area contributed by atoms with Crippen LogP contribution in [0.5, 0.6) is 0 Å². The second kappa shape index (κ2) is 5.02. The molecule has 0 amide bonds. The van der Waals surface area contributed by atoms with Gasteiger partial charge < -0.3 is 8.98 Å². The summed E-state index contributed by atoms with van der Waals surface area (Å²) in [5.74, 6) is 2.68. The molecule has 0 spiro atoms. The number of fused-ring (bicyclic) bond motifs is 1. The number of furan rings is 1. The van der Waals surface area contributed by atoms with Crippen LogP contribution >= 0.6 is 0 Å². The van der Waals surface area contributed by atoms with Gasteiger partial charge in [0.1, 0.15) is 11.3 Å². The molecule has 0 aliphatic heterocycles. The average Bonchev–Trinajstić information content (AvgIpc) is 3.11. The summed E-state index contributed by atoms with van der Waals surface area (Å²) in [6, 6.07) is 8.46. The smallest absolute Gasteiger partial charge is 0.178 e. The largest absolute Gasteiger partial charge is 0.458 e. The Morgan fingerprint density at radius 3 is 2.76 bits per heavy atom. The van der Waals surface area contributed by atoms with Crippen LogP contribution in [0.1, 0.15) is 43.9 Å². The maximum Gasteiger partial charge on any atom is 0.178 e. The minimum Gasteiger partial charge on any atom is -0.458 e. The van der Waals surface area contributed by atoms with Gasteiger partial charge in [-0.15, -0.1) is 0 Å². The van der Waals surface area contributed by atoms with E-state index in [2.05, 4.69) is 9.55 Å². The molecule has 4 rings (SSSR count). The molecule has 1 fully saturated rings. The molecule has 3 heterocycles. The van der Waals surface area contributed by atoms with E-state index in [1.54, 1.807) is 0 Å². The van der Waals surface area contributed by atoms with Crippen LogP contribution in [0.2, 0.25) is 0 Å². The molecule has 3 aromatic heterocycles. The first-order valence-electron chi connectivity index (χ1n) is 7.73. The van der Waals surface area contributed by atoms with E-state index in [1.807, 2.05) is 37.4 Å². The van der Waals surface area contributed by atoms with Gasteiger partial charge in [0.25, 0.3) is 0 Å².